The minimum Gasteiger partial charge on any atom is -0.445 e. The number of nitrogens with zero attached hydrogens (tertiary/aromatic N) is 3. The van der Waals surface area contributed by atoms with E-state index in [4.69, 9.17) is 4.74 Å². The zero-order chi connectivity index (χ0) is 25.5. The van der Waals surface area contributed by atoms with Crippen LogP contribution in [-0.4, -0.2) is 60.6 Å². The molecule has 0 bridgehead atoms. The molecule has 0 spiro atoms. The molecule has 1 atom stereocenters. The number of rotatable bonds is 9. The summed E-state index contributed by atoms with van der Waals surface area (Å²) in [5.41, 5.74) is 3.15. The molecule has 0 aromatic heterocycles. The number of benzene rings is 3. The molecule has 6 nitrogen and oxygen atoms in total. The summed E-state index contributed by atoms with van der Waals surface area (Å²) in [7, 11) is 0. The third-order valence-corrected chi connectivity index (χ3v) is 7.22. The topological polar surface area (TPSA) is 53.1 Å². The fourth-order valence-corrected chi connectivity index (χ4v) is 4.95. The smallest absolute Gasteiger partial charge is 0.410 e. The first-order valence-corrected chi connectivity index (χ1v) is 13.3. The van der Waals surface area contributed by atoms with E-state index in [2.05, 4.69) is 29.2 Å². The monoisotopic (exact) mass is 497 g/mol. The van der Waals surface area contributed by atoms with Crippen molar-refractivity contribution in [1.29, 1.82) is 0 Å². The van der Waals surface area contributed by atoms with Crippen molar-refractivity contribution in [2.45, 2.75) is 31.9 Å². The highest BCUT2D eigenvalue weighted by Gasteiger charge is 2.38. The van der Waals surface area contributed by atoms with Crippen LogP contribution in [0.25, 0.3) is 0 Å². The first-order valence-electron chi connectivity index (χ1n) is 13.3. The lowest BCUT2D eigenvalue weighted by atomic mass is 10.1. The zero-order valence-corrected chi connectivity index (χ0v) is 21.2. The highest BCUT2D eigenvalue weighted by atomic mass is 16.6. The van der Waals surface area contributed by atoms with Gasteiger partial charge < -0.3 is 14.5 Å². The molecule has 6 heteroatoms. The average Bonchev–Trinajstić information content (AvgIpc) is 3.81. The minimum atomic E-state index is -0.316. The molecule has 2 amide bonds. The summed E-state index contributed by atoms with van der Waals surface area (Å²) in [5.74, 6) is 0.252. The van der Waals surface area contributed by atoms with Crippen LogP contribution in [0.1, 0.15) is 24.0 Å². The van der Waals surface area contributed by atoms with E-state index >= 15 is 0 Å². The standard InChI is InChI=1S/C31H35N3O3/c35-30(27-16-17-27)34(28-14-8-3-9-15-28)23-29-22-32(19-18-25-10-4-1-5-11-25)20-21-33(29)31(36)37-24-26-12-6-2-7-13-26/h1-15,27,29H,16-24H2. The largest absolute Gasteiger partial charge is 0.445 e. The summed E-state index contributed by atoms with van der Waals surface area (Å²) in [6.07, 6.45) is 2.52. The van der Waals surface area contributed by atoms with Gasteiger partial charge in [-0.15, -0.1) is 0 Å². The Kier molecular flexibility index (Phi) is 8.16. The molecule has 1 aliphatic carbocycles. The van der Waals surface area contributed by atoms with Crippen molar-refractivity contribution in [3.05, 3.63) is 102 Å². The van der Waals surface area contributed by atoms with E-state index < -0.39 is 0 Å². The van der Waals surface area contributed by atoms with Gasteiger partial charge in [0.25, 0.3) is 0 Å². The normalized spacial score (nSPS) is 17.8. The van der Waals surface area contributed by atoms with E-state index in [0.29, 0.717) is 19.6 Å². The van der Waals surface area contributed by atoms with Gasteiger partial charge in [0.2, 0.25) is 5.91 Å². The Hall–Kier alpha value is -3.64. The van der Waals surface area contributed by atoms with Gasteiger partial charge in [0.15, 0.2) is 0 Å². The molecule has 3 aromatic rings. The van der Waals surface area contributed by atoms with Crippen LogP contribution in [0.15, 0.2) is 91.0 Å². The molecule has 192 valence electrons. The second-order valence-corrected chi connectivity index (χ2v) is 9.98. The lowest BCUT2D eigenvalue weighted by molar-refractivity contribution is -0.120. The number of hydrogen-bond donors (Lipinski definition) is 0. The molecular weight excluding hydrogens is 462 g/mol. The van der Waals surface area contributed by atoms with Gasteiger partial charge in [-0.25, -0.2) is 4.79 Å². The van der Waals surface area contributed by atoms with Crippen molar-refractivity contribution in [1.82, 2.24) is 9.80 Å². The third kappa shape index (κ3) is 6.77. The van der Waals surface area contributed by atoms with E-state index in [9.17, 15) is 9.59 Å². The van der Waals surface area contributed by atoms with Crippen LogP contribution in [0, 0.1) is 5.92 Å². The fourth-order valence-electron chi connectivity index (χ4n) is 4.95. The average molecular weight is 498 g/mol. The predicted molar refractivity (Wildman–Crippen MR) is 145 cm³/mol. The molecule has 1 aliphatic heterocycles. The summed E-state index contributed by atoms with van der Waals surface area (Å²) < 4.78 is 5.73. The Bertz CT molecular complexity index is 1150. The molecule has 1 unspecified atom stereocenters. The van der Waals surface area contributed by atoms with E-state index in [1.807, 2.05) is 76.5 Å². The third-order valence-electron chi connectivity index (χ3n) is 7.22. The summed E-state index contributed by atoms with van der Waals surface area (Å²) in [6, 6.07) is 29.9. The summed E-state index contributed by atoms with van der Waals surface area (Å²) in [4.78, 5) is 32.7. The number of carbonyl (C=O) groups excluding carboxylic acids is 2. The molecule has 0 N–H and O–H groups in total. The van der Waals surface area contributed by atoms with E-state index in [1.54, 1.807) is 0 Å². The van der Waals surface area contributed by atoms with Crippen molar-refractivity contribution in [3.8, 4) is 0 Å². The Morgan fingerprint density at radius 2 is 1.43 bits per heavy atom. The van der Waals surface area contributed by atoms with Gasteiger partial charge in [0, 0.05) is 44.3 Å². The lowest BCUT2D eigenvalue weighted by Gasteiger charge is -2.42. The van der Waals surface area contributed by atoms with Gasteiger partial charge in [-0.3, -0.25) is 9.69 Å². The number of ether oxygens (including phenoxy) is 1. The maximum absolute atomic E-state index is 13.3. The Balaban J connectivity index is 1.31. The second-order valence-electron chi connectivity index (χ2n) is 9.98. The van der Waals surface area contributed by atoms with Gasteiger partial charge in [-0.1, -0.05) is 78.9 Å². The minimum absolute atomic E-state index is 0.0939. The van der Waals surface area contributed by atoms with Gasteiger partial charge >= 0.3 is 6.09 Å². The number of para-hydroxylation sites is 1. The maximum atomic E-state index is 13.3. The SMILES string of the molecule is O=C(C1CC1)N(CC1CN(CCc2ccccc2)CCN1C(=O)OCc1ccccc1)c1ccccc1. The van der Waals surface area contributed by atoms with Crippen molar-refractivity contribution in [2.75, 3.05) is 37.6 Å². The van der Waals surface area contributed by atoms with E-state index in [-0.39, 0.29) is 30.6 Å². The number of hydrogen-bond acceptors (Lipinski definition) is 4. The van der Waals surface area contributed by atoms with Crippen LogP contribution in [-0.2, 0) is 22.6 Å². The van der Waals surface area contributed by atoms with Crippen molar-refractivity contribution >= 4 is 17.7 Å². The lowest BCUT2D eigenvalue weighted by Crippen LogP contribution is -2.59. The number of carbonyl (C=O) groups is 2. The Morgan fingerprint density at radius 3 is 2.08 bits per heavy atom. The molecule has 2 fully saturated rings. The predicted octanol–water partition coefficient (Wildman–Crippen LogP) is 5.00. The van der Waals surface area contributed by atoms with Gasteiger partial charge in [0.05, 0.1) is 6.04 Å². The summed E-state index contributed by atoms with van der Waals surface area (Å²) in [5, 5.41) is 0. The quantitative estimate of drug-likeness (QED) is 0.418. The van der Waals surface area contributed by atoms with Crippen LogP contribution in [0.4, 0.5) is 10.5 Å². The molecule has 3 aromatic carbocycles. The van der Waals surface area contributed by atoms with E-state index in [0.717, 1.165) is 43.6 Å². The van der Waals surface area contributed by atoms with Crippen LogP contribution in [0.2, 0.25) is 0 Å². The number of anilines is 1. The van der Waals surface area contributed by atoms with Crippen LogP contribution in [0.5, 0.6) is 0 Å². The van der Waals surface area contributed by atoms with Crippen LogP contribution >= 0.6 is 0 Å². The summed E-state index contributed by atoms with van der Waals surface area (Å²) >= 11 is 0. The van der Waals surface area contributed by atoms with Crippen LogP contribution < -0.4 is 4.90 Å². The molecule has 1 heterocycles. The van der Waals surface area contributed by atoms with Crippen molar-refractivity contribution < 1.29 is 14.3 Å². The number of piperazine rings is 1. The van der Waals surface area contributed by atoms with E-state index in [1.165, 1.54) is 5.56 Å². The Morgan fingerprint density at radius 1 is 0.811 bits per heavy atom. The second kappa shape index (κ2) is 12.1. The summed E-state index contributed by atoms with van der Waals surface area (Å²) in [6.45, 7) is 3.68. The molecule has 1 saturated heterocycles. The molecule has 1 saturated carbocycles. The molecule has 0 radical (unpaired) electrons. The first-order chi connectivity index (χ1) is 18.2. The molecular formula is C31H35N3O3. The zero-order valence-electron chi connectivity index (χ0n) is 21.2. The van der Waals surface area contributed by atoms with Crippen molar-refractivity contribution in [3.63, 3.8) is 0 Å². The first kappa shape index (κ1) is 25.0. The van der Waals surface area contributed by atoms with Crippen LogP contribution in [0.3, 0.4) is 0 Å². The Labute approximate surface area is 219 Å². The van der Waals surface area contributed by atoms with Gasteiger partial charge in [0.1, 0.15) is 6.61 Å². The fraction of sp³-hybridized carbons (Fsp3) is 0.355. The van der Waals surface area contributed by atoms with Gasteiger partial charge in [-0.05, 0) is 42.5 Å². The molecule has 37 heavy (non-hydrogen) atoms. The highest BCUT2D eigenvalue weighted by molar-refractivity contribution is 5.96. The van der Waals surface area contributed by atoms with Gasteiger partial charge in [-0.2, -0.15) is 0 Å². The molecule has 5 rings (SSSR count). The maximum Gasteiger partial charge on any atom is 0.410 e. The number of amides is 2. The van der Waals surface area contributed by atoms with Crippen molar-refractivity contribution in [2.24, 2.45) is 5.92 Å². The highest BCUT2D eigenvalue weighted by Crippen LogP contribution is 2.33. The molecule has 2 aliphatic rings.